The molecule has 5 rings (SSSR count). The summed E-state index contributed by atoms with van der Waals surface area (Å²) in [7, 11) is 0. The van der Waals surface area contributed by atoms with Crippen LogP contribution in [0.2, 0.25) is 5.02 Å². The molecule has 3 fully saturated rings. The zero-order valence-electron chi connectivity index (χ0n) is 21.3. The third-order valence-corrected chi connectivity index (χ3v) is 9.09. The maximum Gasteiger partial charge on any atom is 0.251 e. The first-order valence-electron chi connectivity index (χ1n) is 13.4. The number of aliphatic hydroxyl groups excluding tert-OH is 1. The molecular weight excluding hydrogens is 493 g/mol. The number of carbonyl (C=O) groups excluding carboxylic acids is 2. The molecule has 1 unspecified atom stereocenters. The second-order valence-electron chi connectivity index (χ2n) is 11.4. The van der Waals surface area contributed by atoms with Crippen LogP contribution in [0.15, 0.2) is 36.5 Å². The number of pyridine rings is 1. The van der Waals surface area contributed by atoms with Crippen molar-refractivity contribution in [3.05, 3.63) is 58.6 Å². The van der Waals surface area contributed by atoms with Crippen molar-refractivity contribution >= 4 is 29.1 Å². The SMILES string of the molecule is Cc1c(Cl)cccc1NC(=O)C(c1ccnc(F)c1)N(C(=O)CC1CC2(CC2)C1)[C@@H]1CCC[C@H](CO)C1. The Balaban J connectivity index is 1.49. The number of nitrogens with zero attached hydrogens (tertiary/aromatic N) is 2. The lowest BCUT2D eigenvalue weighted by atomic mass is 9.70. The fourth-order valence-electron chi connectivity index (χ4n) is 6.46. The van der Waals surface area contributed by atoms with Crippen molar-refractivity contribution in [3.8, 4) is 0 Å². The normalized spacial score (nSPS) is 23.2. The predicted molar refractivity (Wildman–Crippen MR) is 140 cm³/mol. The first kappa shape index (κ1) is 26.1. The second-order valence-corrected chi connectivity index (χ2v) is 11.8. The number of halogens is 2. The molecule has 3 aliphatic rings. The van der Waals surface area contributed by atoms with Gasteiger partial charge in [-0.3, -0.25) is 9.59 Å². The summed E-state index contributed by atoms with van der Waals surface area (Å²) in [6.07, 6.45) is 9.47. The molecule has 2 N–H and O–H groups in total. The topological polar surface area (TPSA) is 82.5 Å². The van der Waals surface area contributed by atoms with Crippen LogP contribution >= 0.6 is 11.6 Å². The number of carbonyl (C=O) groups is 2. The number of hydrogen-bond acceptors (Lipinski definition) is 4. The van der Waals surface area contributed by atoms with Gasteiger partial charge in [0, 0.05) is 36.0 Å². The standard InChI is InChI=1S/C29H35ClFN3O3/c1-18-23(30)6-3-7-24(18)33-28(37)27(21-8-11-32-25(31)14-21)34(22-5-2-4-19(12-22)17-35)26(36)13-20-15-29(16-20)9-10-29/h3,6-8,11,14,19-20,22,27,35H,2,4-5,9-10,12-13,15-17H2,1H3,(H,33,37)/t19-,22+,27?/m0/s1. The molecule has 0 saturated heterocycles. The van der Waals surface area contributed by atoms with Crippen LogP contribution in [0, 0.1) is 30.1 Å². The number of anilines is 1. The van der Waals surface area contributed by atoms with Gasteiger partial charge < -0.3 is 15.3 Å². The largest absolute Gasteiger partial charge is 0.396 e. The van der Waals surface area contributed by atoms with Crippen molar-refractivity contribution < 1.29 is 19.1 Å². The first-order valence-corrected chi connectivity index (χ1v) is 13.8. The Hall–Kier alpha value is -2.51. The van der Waals surface area contributed by atoms with E-state index in [0.29, 0.717) is 40.4 Å². The Bertz CT molecular complexity index is 1160. The molecule has 8 heteroatoms. The van der Waals surface area contributed by atoms with Crippen molar-refractivity contribution in [2.45, 2.75) is 76.8 Å². The highest BCUT2D eigenvalue weighted by molar-refractivity contribution is 6.31. The average molecular weight is 528 g/mol. The fourth-order valence-corrected chi connectivity index (χ4v) is 6.63. The minimum atomic E-state index is -1.03. The summed E-state index contributed by atoms with van der Waals surface area (Å²) >= 11 is 6.29. The van der Waals surface area contributed by atoms with Crippen LogP contribution in [0.5, 0.6) is 0 Å². The van der Waals surface area contributed by atoms with Gasteiger partial charge in [0.25, 0.3) is 5.91 Å². The minimum absolute atomic E-state index is 0.0478. The molecule has 0 aliphatic heterocycles. The Morgan fingerprint density at radius 1 is 1.24 bits per heavy atom. The van der Waals surface area contributed by atoms with Crippen molar-refractivity contribution in [1.29, 1.82) is 0 Å². The van der Waals surface area contributed by atoms with Crippen LogP contribution in [0.1, 0.15) is 75.0 Å². The van der Waals surface area contributed by atoms with Crippen molar-refractivity contribution in [1.82, 2.24) is 9.88 Å². The van der Waals surface area contributed by atoms with E-state index in [9.17, 15) is 19.1 Å². The highest BCUT2D eigenvalue weighted by atomic mass is 35.5. The van der Waals surface area contributed by atoms with Gasteiger partial charge in [-0.25, -0.2) is 4.98 Å². The molecule has 3 saturated carbocycles. The molecule has 1 spiro atoms. The van der Waals surface area contributed by atoms with Gasteiger partial charge in [0.2, 0.25) is 11.9 Å². The summed E-state index contributed by atoms with van der Waals surface area (Å²) in [6.45, 7) is 1.87. The lowest BCUT2D eigenvalue weighted by molar-refractivity contribution is -0.145. The third-order valence-electron chi connectivity index (χ3n) is 8.68. The van der Waals surface area contributed by atoms with Crippen molar-refractivity contribution in [3.63, 3.8) is 0 Å². The molecule has 0 radical (unpaired) electrons. The summed E-state index contributed by atoms with van der Waals surface area (Å²) in [6, 6.07) is 6.87. The highest BCUT2D eigenvalue weighted by Crippen LogP contribution is 2.64. The summed E-state index contributed by atoms with van der Waals surface area (Å²) in [4.78, 5) is 33.3. The van der Waals surface area contributed by atoms with Crippen LogP contribution in [-0.2, 0) is 9.59 Å². The van der Waals surface area contributed by atoms with E-state index in [0.717, 1.165) is 37.7 Å². The van der Waals surface area contributed by atoms with Gasteiger partial charge in [-0.1, -0.05) is 24.1 Å². The molecule has 37 heavy (non-hydrogen) atoms. The van der Waals surface area contributed by atoms with Gasteiger partial charge in [0.05, 0.1) is 0 Å². The van der Waals surface area contributed by atoms with Crippen molar-refractivity contribution in [2.24, 2.45) is 17.3 Å². The molecule has 1 aromatic heterocycles. The van der Waals surface area contributed by atoms with Crippen molar-refractivity contribution in [2.75, 3.05) is 11.9 Å². The number of benzene rings is 1. The van der Waals surface area contributed by atoms with E-state index in [1.54, 1.807) is 29.2 Å². The molecule has 0 bridgehead atoms. The Morgan fingerprint density at radius 3 is 2.73 bits per heavy atom. The number of rotatable bonds is 8. The van der Waals surface area contributed by atoms with Gasteiger partial charge in [-0.15, -0.1) is 0 Å². The molecule has 3 atom stereocenters. The molecular formula is C29H35ClFN3O3. The number of hydrogen-bond donors (Lipinski definition) is 2. The minimum Gasteiger partial charge on any atom is -0.396 e. The molecule has 1 heterocycles. The molecule has 198 valence electrons. The average Bonchev–Trinajstić information content (AvgIpc) is 3.66. The zero-order valence-corrected chi connectivity index (χ0v) is 22.0. The van der Waals surface area contributed by atoms with E-state index >= 15 is 0 Å². The van der Waals surface area contributed by atoms with Crippen LogP contribution < -0.4 is 5.32 Å². The Kier molecular flexibility index (Phi) is 7.55. The van der Waals surface area contributed by atoms with E-state index in [-0.39, 0.29) is 24.5 Å². The molecule has 3 aliphatic carbocycles. The monoisotopic (exact) mass is 527 g/mol. The van der Waals surface area contributed by atoms with Crippen LogP contribution in [0.3, 0.4) is 0 Å². The van der Waals surface area contributed by atoms with E-state index in [1.807, 2.05) is 6.92 Å². The van der Waals surface area contributed by atoms with Crippen LogP contribution in [0.4, 0.5) is 10.1 Å². The Morgan fingerprint density at radius 2 is 2.03 bits per heavy atom. The Labute approximate surface area is 222 Å². The first-order chi connectivity index (χ1) is 17.8. The number of amides is 2. The number of aliphatic hydroxyl groups is 1. The summed E-state index contributed by atoms with van der Waals surface area (Å²) in [5.74, 6) is -0.802. The van der Waals surface area contributed by atoms with Crippen LogP contribution in [0.25, 0.3) is 0 Å². The van der Waals surface area contributed by atoms with Gasteiger partial charge in [0.1, 0.15) is 6.04 Å². The summed E-state index contributed by atoms with van der Waals surface area (Å²) < 4.78 is 14.3. The summed E-state index contributed by atoms with van der Waals surface area (Å²) in [5.41, 5.74) is 2.13. The van der Waals surface area contributed by atoms with Gasteiger partial charge >= 0.3 is 0 Å². The van der Waals surface area contributed by atoms with E-state index in [2.05, 4.69) is 10.3 Å². The maximum absolute atomic E-state index is 14.3. The van der Waals surface area contributed by atoms with Gasteiger partial charge in [-0.05, 0) is 105 Å². The molecule has 6 nitrogen and oxygen atoms in total. The quantitative estimate of drug-likeness (QED) is 0.424. The fraction of sp³-hybridized carbons (Fsp3) is 0.552. The second kappa shape index (κ2) is 10.7. The third kappa shape index (κ3) is 5.68. The predicted octanol–water partition coefficient (Wildman–Crippen LogP) is 5.82. The van der Waals surface area contributed by atoms with Gasteiger partial charge in [-0.2, -0.15) is 4.39 Å². The lowest BCUT2D eigenvalue weighted by Gasteiger charge is -2.43. The van der Waals surface area contributed by atoms with Gasteiger partial charge in [0.15, 0.2) is 0 Å². The smallest absolute Gasteiger partial charge is 0.251 e. The number of nitrogens with one attached hydrogen (secondary N) is 1. The van der Waals surface area contributed by atoms with E-state index < -0.39 is 17.9 Å². The van der Waals surface area contributed by atoms with Crippen LogP contribution in [-0.4, -0.2) is 39.5 Å². The molecule has 2 aromatic rings. The molecule has 2 amide bonds. The zero-order chi connectivity index (χ0) is 26.2. The van der Waals surface area contributed by atoms with E-state index in [1.165, 1.54) is 25.1 Å². The lowest BCUT2D eigenvalue weighted by Crippen LogP contribution is -2.50. The van der Waals surface area contributed by atoms with E-state index in [4.69, 9.17) is 11.6 Å². The maximum atomic E-state index is 14.3. The number of aromatic nitrogens is 1. The molecule has 1 aromatic carbocycles. The summed E-state index contributed by atoms with van der Waals surface area (Å²) in [5, 5.41) is 13.4. The highest BCUT2D eigenvalue weighted by Gasteiger charge is 2.53.